The fraction of sp³-hybridized carbons (Fsp3) is 0.526. The molecule has 0 heterocycles. The molecule has 0 aromatic heterocycles. The molecule has 2 N–H and O–H groups in total. The van der Waals surface area contributed by atoms with Gasteiger partial charge in [-0.3, -0.25) is 9.59 Å². The Morgan fingerprint density at radius 1 is 1.04 bits per heavy atom. The van der Waals surface area contributed by atoms with Crippen LogP contribution in [0.2, 0.25) is 0 Å². The van der Waals surface area contributed by atoms with Crippen molar-refractivity contribution < 1.29 is 9.59 Å². The van der Waals surface area contributed by atoms with E-state index < -0.39 is 11.8 Å². The Morgan fingerprint density at radius 3 is 2.17 bits per heavy atom. The molecular weight excluding hydrogens is 302 g/mol. The molecule has 0 radical (unpaired) electrons. The SMILES string of the molecule is Cc1ccc(NC(=O)C(=O)NN=C2CCC(C(C)(C)C)CC2)cc1. The van der Waals surface area contributed by atoms with E-state index in [0.29, 0.717) is 17.0 Å². The van der Waals surface area contributed by atoms with Gasteiger partial charge in [0.2, 0.25) is 0 Å². The van der Waals surface area contributed by atoms with Crippen molar-refractivity contribution in [3.8, 4) is 0 Å². The van der Waals surface area contributed by atoms with Gasteiger partial charge in [-0.25, -0.2) is 5.43 Å². The van der Waals surface area contributed by atoms with E-state index in [1.807, 2.05) is 19.1 Å². The molecule has 5 heteroatoms. The minimum absolute atomic E-state index is 0.308. The molecule has 1 saturated carbocycles. The van der Waals surface area contributed by atoms with Crippen LogP contribution in [0.15, 0.2) is 29.4 Å². The van der Waals surface area contributed by atoms with Gasteiger partial charge in [0.25, 0.3) is 0 Å². The number of nitrogens with one attached hydrogen (secondary N) is 2. The normalized spacial score (nSPS) is 18.0. The zero-order chi connectivity index (χ0) is 17.7. The molecule has 0 bridgehead atoms. The van der Waals surface area contributed by atoms with E-state index in [2.05, 4.69) is 36.6 Å². The van der Waals surface area contributed by atoms with Crippen LogP contribution < -0.4 is 10.7 Å². The Morgan fingerprint density at radius 2 is 1.62 bits per heavy atom. The number of carbonyl (C=O) groups excluding carboxylic acids is 2. The lowest BCUT2D eigenvalue weighted by molar-refractivity contribution is -0.136. The van der Waals surface area contributed by atoms with Crippen LogP contribution in [0.1, 0.15) is 52.0 Å². The number of carbonyl (C=O) groups is 2. The lowest BCUT2D eigenvalue weighted by atomic mass is 9.72. The van der Waals surface area contributed by atoms with Gasteiger partial charge in [-0.1, -0.05) is 38.5 Å². The highest BCUT2D eigenvalue weighted by Crippen LogP contribution is 2.36. The second kappa shape index (κ2) is 7.60. The summed E-state index contributed by atoms with van der Waals surface area (Å²) < 4.78 is 0. The summed E-state index contributed by atoms with van der Waals surface area (Å²) in [5.74, 6) is -0.760. The Hall–Kier alpha value is -2.17. The second-order valence-electron chi connectivity index (χ2n) is 7.58. The van der Waals surface area contributed by atoms with Crippen molar-refractivity contribution in [3.05, 3.63) is 29.8 Å². The average Bonchev–Trinajstić information content (AvgIpc) is 2.54. The molecule has 5 nitrogen and oxygen atoms in total. The van der Waals surface area contributed by atoms with Crippen molar-refractivity contribution in [1.29, 1.82) is 0 Å². The molecule has 1 aromatic carbocycles. The standard InChI is InChI=1S/C19H27N3O2/c1-13-5-9-15(10-6-13)20-17(23)18(24)22-21-16-11-7-14(8-12-16)19(2,3)4/h5-6,9-10,14H,7-8,11-12H2,1-4H3,(H,20,23)(H,22,24). The molecule has 0 unspecified atom stereocenters. The third kappa shape index (κ3) is 5.18. The predicted molar refractivity (Wildman–Crippen MR) is 96.8 cm³/mol. The molecule has 0 atom stereocenters. The largest absolute Gasteiger partial charge is 0.329 e. The van der Waals surface area contributed by atoms with E-state index in [4.69, 9.17) is 0 Å². The lowest BCUT2D eigenvalue weighted by Gasteiger charge is -2.34. The second-order valence-corrected chi connectivity index (χ2v) is 7.58. The molecular formula is C19H27N3O2. The minimum atomic E-state index is -0.735. The maximum Gasteiger partial charge on any atom is 0.329 e. The first-order valence-corrected chi connectivity index (χ1v) is 8.49. The zero-order valence-corrected chi connectivity index (χ0v) is 15.0. The first kappa shape index (κ1) is 18.2. The summed E-state index contributed by atoms with van der Waals surface area (Å²) in [6, 6.07) is 7.28. The average molecular weight is 329 g/mol. The predicted octanol–water partition coefficient (Wildman–Crippen LogP) is 3.64. The van der Waals surface area contributed by atoms with Crippen molar-refractivity contribution >= 4 is 23.2 Å². The van der Waals surface area contributed by atoms with Crippen molar-refractivity contribution in [2.45, 2.75) is 53.4 Å². The molecule has 2 amide bonds. The van der Waals surface area contributed by atoms with Gasteiger partial charge in [-0.15, -0.1) is 0 Å². The van der Waals surface area contributed by atoms with Crippen molar-refractivity contribution in [2.24, 2.45) is 16.4 Å². The van der Waals surface area contributed by atoms with Gasteiger partial charge in [0.05, 0.1) is 0 Å². The maximum absolute atomic E-state index is 11.9. The first-order chi connectivity index (χ1) is 11.3. The monoisotopic (exact) mass is 329 g/mol. The highest BCUT2D eigenvalue weighted by Gasteiger charge is 2.28. The van der Waals surface area contributed by atoms with Gasteiger partial charge >= 0.3 is 11.8 Å². The van der Waals surface area contributed by atoms with E-state index in [-0.39, 0.29) is 0 Å². The fourth-order valence-corrected chi connectivity index (χ4v) is 2.93. The van der Waals surface area contributed by atoms with Crippen molar-refractivity contribution in [1.82, 2.24) is 5.43 Å². The molecule has 0 spiro atoms. The third-order valence-electron chi connectivity index (χ3n) is 4.62. The molecule has 130 valence electrons. The van der Waals surface area contributed by atoms with E-state index in [0.717, 1.165) is 37.0 Å². The van der Waals surface area contributed by atoms with Gasteiger partial charge in [-0.05, 0) is 56.1 Å². The summed E-state index contributed by atoms with van der Waals surface area (Å²) in [7, 11) is 0. The number of rotatable bonds is 2. The van der Waals surface area contributed by atoms with Crippen LogP contribution in [0.5, 0.6) is 0 Å². The van der Waals surface area contributed by atoms with Crippen molar-refractivity contribution in [3.63, 3.8) is 0 Å². The first-order valence-electron chi connectivity index (χ1n) is 8.49. The number of nitrogens with zero attached hydrogens (tertiary/aromatic N) is 1. The highest BCUT2D eigenvalue weighted by molar-refractivity contribution is 6.39. The van der Waals surface area contributed by atoms with Crippen LogP contribution in [0, 0.1) is 18.3 Å². The summed E-state index contributed by atoms with van der Waals surface area (Å²) in [5, 5.41) is 6.70. The number of benzene rings is 1. The molecule has 0 aliphatic heterocycles. The van der Waals surface area contributed by atoms with Crippen molar-refractivity contribution in [2.75, 3.05) is 5.32 Å². The van der Waals surface area contributed by atoms with Gasteiger partial charge in [0.15, 0.2) is 0 Å². The molecule has 0 saturated heterocycles. The third-order valence-corrected chi connectivity index (χ3v) is 4.62. The van der Waals surface area contributed by atoms with Crippen LogP contribution in [0.25, 0.3) is 0 Å². The molecule has 2 rings (SSSR count). The van der Waals surface area contributed by atoms with E-state index in [1.54, 1.807) is 12.1 Å². The lowest BCUT2D eigenvalue weighted by Crippen LogP contribution is -2.33. The number of anilines is 1. The number of hydrogen-bond acceptors (Lipinski definition) is 3. The van der Waals surface area contributed by atoms with Gasteiger partial charge in [-0.2, -0.15) is 5.10 Å². The summed E-state index contributed by atoms with van der Waals surface area (Å²) in [4.78, 5) is 23.7. The van der Waals surface area contributed by atoms with Gasteiger partial charge < -0.3 is 5.32 Å². The van der Waals surface area contributed by atoms with Crippen LogP contribution in [-0.2, 0) is 9.59 Å². The quantitative estimate of drug-likeness (QED) is 0.642. The van der Waals surface area contributed by atoms with Crippen LogP contribution >= 0.6 is 0 Å². The Kier molecular flexibility index (Phi) is 5.75. The Bertz CT molecular complexity index is 617. The maximum atomic E-state index is 11.9. The summed E-state index contributed by atoms with van der Waals surface area (Å²) in [5.41, 5.74) is 5.34. The smallest absolute Gasteiger partial charge is 0.318 e. The Balaban J connectivity index is 1.82. The van der Waals surface area contributed by atoms with Gasteiger partial charge in [0, 0.05) is 11.4 Å². The topological polar surface area (TPSA) is 70.6 Å². The number of hydrazone groups is 1. The molecule has 24 heavy (non-hydrogen) atoms. The molecule has 1 aliphatic carbocycles. The number of hydrogen-bond donors (Lipinski definition) is 2. The van der Waals surface area contributed by atoms with E-state index in [9.17, 15) is 9.59 Å². The molecule has 1 fully saturated rings. The Labute approximate surface area is 143 Å². The molecule has 1 aliphatic rings. The van der Waals surface area contributed by atoms with E-state index >= 15 is 0 Å². The van der Waals surface area contributed by atoms with Gasteiger partial charge in [0.1, 0.15) is 0 Å². The molecule has 1 aromatic rings. The zero-order valence-electron chi connectivity index (χ0n) is 15.0. The number of aryl methyl sites for hydroxylation is 1. The fourth-order valence-electron chi connectivity index (χ4n) is 2.93. The summed E-state index contributed by atoms with van der Waals surface area (Å²) in [6.45, 7) is 8.74. The van der Waals surface area contributed by atoms with Crippen LogP contribution in [0.3, 0.4) is 0 Å². The van der Waals surface area contributed by atoms with Crippen LogP contribution in [0.4, 0.5) is 5.69 Å². The minimum Gasteiger partial charge on any atom is -0.318 e. The summed E-state index contributed by atoms with van der Waals surface area (Å²) >= 11 is 0. The van der Waals surface area contributed by atoms with Crippen LogP contribution in [-0.4, -0.2) is 17.5 Å². The summed E-state index contributed by atoms with van der Waals surface area (Å²) in [6.07, 6.45) is 3.91. The van der Waals surface area contributed by atoms with E-state index in [1.165, 1.54) is 0 Å². The highest BCUT2D eigenvalue weighted by atomic mass is 16.2. The number of amides is 2.